The number of carbonyl (C=O) groups excluding carboxylic acids is 4. The minimum atomic E-state index is -5.13. The zero-order chi connectivity index (χ0) is 32.7. The molecule has 2 N–H and O–H groups in total. The molecule has 236 valence electrons. The Kier molecular flexibility index (Phi) is 8.14. The van der Waals surface area contributed by atoms with Gasteiger partial charge in [-0.3, -0.25) is 24.2 Å². The number of fused-ring (bicyclic) bond motifs is 1. The third-order valence-electron chi connectivity index (χ3n) is 7.44. The summed E-state index contributed by atoms with van der Waals surface area (Å²) in [4.78, 5) is 57.5. The van der Waals surface area contributed by atoms with Crippen LogP contribution in [0.3, 0.4) is 0 Å². The van der Waals surface area contributed by atoms with Gasteiger partial charge in [0.1, 0.15) is 17.4 Å². The minimum Gasteiger partial charge on any atom is -0.342 e. The molecular formula is C30H23F7N4O4. The summed E-state index contributed by atoms with van der Waals surface area (Å²) in [6.07, 6.45) is -9.80. The van der Waals surface area contributed by atoms with Crippen molar-refractivity contribution in [3.8, 4) is 0 Å². The fourth-order valence-electron chi connectivity index (χ4n) is 5.02. The van der Waals surface area contributed by atoms with E-state index >= 15 is 0 Å². The predicted molar refractivity (Wildman–Crippen MR) is 143 cm³/mol. The summed E-state index contributed by atoms with van der Waals surface area (Å²) < 4.78 is 94.2. The molecule has 2 aliphatic rings. The second-order valence-electron chi connectivity index (χ2n) is 10.8. The van der Waals surface area contributed by atoms with Crippen LogP contribution in [-0.4, -0.2) is 40.1 Å². The molecule has 0 saturated heterocycles. The number of nitrogens with one attached hydrogen (secondary N) is 2. The Balaban J connectivity index is 1.40. The molecule has 5 rings (SSSR count). The van der Waals surface area contributed by atoms with Crippen molar-refractivity contribution in [3.05, 3.63) is 94.6 Å². The van der Waals surface area contributed by atoms with Gasteiger partial charge in [0.2, 0.25) is 17.7 Å². The lowest BCUT2D eigenvalue weighted by molar-refractivity contribution is -0.143. The fourth-order valence-corrected chi connectivity index (χ4v) is 5.02. The third-order valence-corrected chi connectivity index (χ3v) is 7.44. The molecule has 0 unspecified atom stereocenters. The number of amides is 3. The van der Waals surface area contributed by atoms with E-state index in [1.807, 2.05) is 0 Å². The lowest BCUT2D eigenvalue weighted by Crippen LogP contribution is -2.55. The summed E-state index contributed by atoms with van der Waals surface area (Å²) in [7, 11) is 0. The second-order valence-corrected chi connectivity index (χ2v) is 10.8. The van der Waals surface area contributed by atoms with E-state index < -0.39 is 82.9 Å². The van der Waals surface area contributed by atoms with Gasteiger partial charge in [-0.2, -0.15) is 26.3 Å². The lowest BCUT2D eigenvalue weighted by atomic mass is 10.0. The fraction of sp³-hybridized carbons (Fsp3) is 0.300. The zero-order valence-electron chi connectivity index (χ0n) is 23.1. The molecule has 3 aromatic rings. The topological polar surface area (TPSA) is 108 Å². The average molecular weight is 637 g/mol. The molecular weight excluding hydrogens is 613 g/mol. The van der Waals surface area contributed by atoms with E-state index in [1.165, 1.54) is 30.3 Å². The van der Waals surface area contributed by atoms with Crippen LogP contribution in [0.5, 0.6) is 0 Å². The molecule has 2 aromatic carbocycles. The van der Waals surface area contributed by atoms with Crippen LogP contribution in [0.25, 0.3) is 0 Å². The van der Waals surface area contributed by atoms with E-state index in [-0.39, 0.29) is 42.3 Å². The lowest BCUT2D eigenvalue weighted by Gasteiger charge is -2.28. The number of carbonyl (C=O) groups is 4. The molecule has 8 nitrogen and oxygen atoms in total. The van der Waals surface area contributed by atoms with Gasteiger partial charge in [-0.15, -0.1) is 0 Å². The molecule has 1 atom stereocenters. The molecule has 45 heavy (non-hydrogen) atoms. The largest absolute Gasteiger partial charge is 0.416 e. The van der Waals surface area contributed by atoms with Crippen LogP contribution in [-0.2, 0) is 39.7 Å². The van der Waals surface area contributed by atoms with E-state index in [2.05, 4.69) is 15.6 Å². The Morgan fingerprint density at radius 3 is 2.16 bits per heavy atom. The number of Topliss-reactive ketones (excluding diaryl/α,β-unsaturated/α-hetero) is 1. The Labute approximate surface area is 250 Å². The van der Waals surface area contributed by atoms with E-state index in [1.54, 1.807) is 0 Å². The molecule has 2 heterocycles. The minimum absolute atomic E-state index is 0.0214. The number of aromatic nitrogens is 1. The molecule has 3 amide bonds. The van der Waals surface area contributed by atoms with Crippen LogP contribution >= 0.6 is 0 Å². The maximum absolute atomic E-state index is 13.8. The molecule has 0 spiro atoms. The summed E-state index contributed by atoms with van der Waals surface area (Å²) in [6, 6.07) is 7.34. The molecule has 15 heteroatoms. The van der Waals surface area contributed by atoms with Crippen molar-refractivity contribution in [1.82, 2.24) is 15.6 Å². The van der Waals surface area contributed by atoms with E-state index in [0.717, 1.165) is 17.2 Å². The Bertz CT molecular complexity index is 1640. The first kappa shape index (κ1) is 31.6. The molecule has 1 aliphatic carbocycles. The number of rotatable bonds is 7. The molecule has 1 aliphatic heterocycles. The van der Waals surface area contributed by atoms with Gasteiger partial charge in [-0.25, -0.2) is 4.39 Å². The number of benzene rings is 2. The summed E-state index contributed by atoms with van der Waals surface area (Å²) in [5, 5.41) is 5.01. The Morgan fingerprint density at radius 1 is 0.933 bits per heavy atom. The van der Waals surface area contributed by atoms with Gasteiger partial charge in [0.25, 0.3) is 0 Å². The van der Waals surface area contributed by atoms with E-state index in [9.17, 15) is 49.9 Å². The third kappa shape index (κ3) is 6.97. The molecule has 0 radical (unpaired) electrons. The maximum atomic E-state index is 13.8. The van der Waals surface area contributed by atoms with Crippen molar-refractivity contribution in [2.24, 2.45) is 0 Å². The smallest absolute Gasteiger partial charge is 0.342 e. The van der Waals surface area contributed by atoms with E-state index in [0.29, 0.717) is 12.1 Å². The standard InChI is InChI=1S/C30H23F7N4O4/c31-19-5-6-20(38-14-19)12-25(43)40-28(7-8-28)27(45)39-22-13-24(42)21-3-1-2-4-23(21)41(26(22)44)15-16-9-17(29(32,33)34)11-18(10-16)30(35,36)37/h1-6,9-11,14,22H,7-8,12-13,15H2,(H,39,45)(H,40,43)/t22-/m1/s1. The van der Waals surface area contributed by atoms with Crippen LogP contribution < -0.4 is 15.5 Å². The summed E-state index contributed by atoms with van der Waals surface area (Å²) >= 11 is 0. The van der Waals surface area contributed by atoms with Crippen molar-refractivity contribution < 1.29 is 49.9 Å². The van der Waals surface area contributed by atoms with Crippen LogP contribution in [0.4, 0.5) is 36.4 Å². The van der Waals surface area contributed by atoms with Crippen molar-refractivity contribution in [2.75, 3.05) is 4.90 Å². The van der Waals surface area contributed by atoms with Gasteiger partial charge < -0.3 is 15.5 Å². The number of alkyl halides is 6. The van der Waals surface area contributed by atoms with Crippen LogP contribution in [0.15, 0.2) is 60.8 Å². The first-order valence-electron chi connectivity index (χ1n) is 13.5. The second kappa shape index (κ2) is 11.6. The van der Waals surface area contributed by atoms with Gasteiger partial charge in [-0.1, -0.05) is 12.1 Å². The summed E-state index contributed by atoms with van der Waals surface area (Å²) in [5.41, 5.74) is -4.94. The number of ketones is 1. The highest BCUT2D eigenvalue weighted by Crippen LogP contribution is 2.38. The van der Waals surface area contributed by atoms with Gasteiger partial charge >= 0.3 is 12.4 Å². The maximum Gasteiger partial charge on any atom is 0.416 e. The van der Waals surface area contributed by atoms with Crippen molar-refractivity contribution in [2.45, 2.75) is 56.2 Å². The number of hydrogen-bond acceptors (Lipinski definition) is 5. The quantitative estimate of drug-likeness (QED) is 0.364. The highest BCUT2D eigenvalue weighted by molar-refractivity contribution is 6.13. The molecule has 1 saturated carbocycles. The van der Waals surface area contributed by atoms with E-state index in [4.69, 9.17) is 0 Å². The van der Waals surface area contributed by atoms with Crippen molar-refractivity contribution >= 4 is 29.2 Å². The monoisotopic (exact) mass is 636 g/mol. The van der Waals surface area contributed by atoms with Gasteiger partial charge in [0.15, 0.2) is 5.78 Å². The SMILES string of the molecule is O=C(Cc1ccc(F)cn1)NC1(C(=O)N[C@@H]2CC(=O)c3ccccc3N(Cc3cc(C(F)(F)F)cc(C(F)(F)F)c3)C2=O)CC1. The Hall–Kier alpha value is -4.82. The summed E-state index contributed by atoms with van der Waals surface area (Å²) in [5.74, 6) is -3.60. The molecule has 1 aromatic heterocycles. The van der Waals surface area contributed by atoms with Gasteiger partial charge in [0, 0.05) is 17.7 Å². The van der Waals surface area contributed by atoms with Crippen LogP contribution in [0.1, 0.15) is 52.0 Å². The van der Waals surface area contributed by atoms with Crippen LogP contribution in [0.2, 0.25) is 0 Å². The normalized spacial score (nSPS) is 17.8. The van der Waals surface area contributed by atoms with Gasteiger partial charge in [0.05, 0.1) is 36.0 Å². The highest BCUT2D eigenvalue weighted by Gasteiger charge is 2.52. The number of halogens is 7. The van der Waals surface area contributed by atoms with Crippen molar-refractivity contribution in [1.29, 1.82) is 0 Å². The molecule has 1 fully saturated rings. The predicted octanol–water partition coefficient (Wildman–Crippen LogP) is 4.75. The number of nitrogens with zero attached hydrogens (tertiary/aromatic N) is 2. The first-order chi connectivity index (χ1) is 21.1. The van der Waals surface area contributed by atoms with Crippen molar-refractivity contribution in [3.63, 3.8) is 0 Å². The summed E-state index contributed by atoms with van der Waals surface area (Å²) in [6.45, 7) is -0.783. The number of para-hydroxylation sites is 1. The average Bonchev–Trinajstić information content (AvgIpc) is 3.76. The van der Waals surface area contributed by atoms with Gasteiger partial charge in [-0.05, 0) is 60.9 Å². The molecule has 0 bridgehead atoms. The van der Waals surface area contributed by atoms with Crippen LogP contribution in [0, 0.1) is 5.82 Å². The first-order valence-corrected chi connectivity index (χ1v) is 13.5. The number of pyridine rings is 1. The number of anilines is 1. The zero-order valence-corrected chi connectivity index (χ0v) is 23.1. The number of hydrogen-bond donors (Lipinski definition) is 2. The highest BCUT2D eigenvalue weighted by atomic mass is 19.4. The Morgan fingerprint density at radius 2 is 1.58 bits per heavy atom.